The molecule has 0 unspecified atom stereocenters. The molecular formula is C18H17N3O2. The van der Waals surface area contributed by atoms with Crippen molar-refractivity contribution in [2.75, 3.05) is 5.32 Å². The summed E-state index contributed by atoms with van der Waals surface area (Å²) in [4.78, 5) is 11.8. The summed E-state index contributed by atoms with van der Waals surface area (Å²) >= 11 is 0. The number of H-pyrrole nitrogens is 1. The van der Waals surface area contributed by atoms with E-state index in [2.05, 4.69) is 15.5 Å². The maximum Gasteiger partial charge on any atom is 0.411 e. The molecular weight excluding hydrogens is 290 g/mol. The molecule has 5 heteroatoms. The monoisotopic (exact) mass is 307 g/mol. The maximum absolute atomic E-state index is 11.8. The molecule has 1 aromatic heterocycles. The lowest BCUT2D eigenvalue weighted by molar-refractivity contribution is 0.155. The van der Waals surface area contributed by atoms with Crippen LogP contribution in [0.1, 0.15) is 11.3 Å². The number of anilines is 1. The molecule has 2 N–H and O–H groups in total. The predicted molar refractivity (Wildman–Crippen MR) is 89.0 cm³/mol. The van der Waals surface area contributed by atoms with E-state index in [9.17, 15) is 4.79 Å². The van der Waals surface area contributed by atoms with Gasteiger partial charge in [0.1, 0.15) is 6.61 Å². The number of rotatable bonds is 4. The molecule has 0 bridgehead atoms. The van der Waals surface area contributed by atoms with Gasteiger partial charge in [0.05, 0.1) is 6.20 Å². The first-order valence-electron chi connectivity index (χ1n) is 7.30. The van der Waals surface area contributed by atoms with Crippen molar-refractivity contribution >= 4 is 11.8 Å². The van der Waals surface area contributed by atoms with Crippen LogP contribution in [0.2, 0.25) is 0 Å². The van der Waals surface area contributed by atoms with E-state index in [1.807, 2.05) is 61.5 Å². The zero-order valence-electron chi connectivity index (χ0n) is 12.7. The summed E-state index contributed by atoms with van der Waals surface area (Å²) in [5, 5.41) is 9.63. The van der Waals surface area contributed by atoms with Crippen molar-refractivity contribution in [3.8, 4) is 11.1 Å². The summed E-state index contributed by atoms with van der Waals surface area (Å²) in [5.41, 5.74) is 4.73. The van der Waals surface area contributed by atoms with Gasteiger partial charge in [-0.3, -0.25) is 10.4 Å². The second kappa shape index (κ2) is 6.79. The third-order valence-corrected chi connectivity index (χ3v) is 3.48. The first-order valence-corrected chi connectivity index (χ1v) is 7.30. The molecule has 0 aliphatic carbocycles. The smallest absolute Gasteiger partial charge is 0.411 e. The van der Waals surface area contributed by atoms with Crippen molar-refractivity contribution in [1.29, 1.82) is 0 Å². The number of aromatic amines is 1. The number of aryl methyl sites for hydroxylation is 1. The first kappa shape index (κ1) is 14.8. The SMILES string of the molecule is Cc1[nH]ncc1-c1ccc(NC(=O)OCc2ccccc2)cc1. The van der Waals surface area contributed by atoms with E-state index in [1.54, 1.807) is 6.20 Å². The van der Waals surface area contributed by atoms with E-state index in [0.717, 1.165) is 22.4 Å². The van der Waals surface area contributed by atoms with Gasteiger partial charge in [-0.25, -0.2) is 4.79 Å². The van der Waals surface area contributed by atoms with Gasteiger partial charge in [0.2, 0.25) is 0 Å². The number of carbonyl (C=O) groups is 1. The van der Waals surface area contributed by atoms with Crippen molar-refractivity contribution in [2.45, 2.75) is 13.5 Å². The van der Waals surface area contributed by atoms with Gasteiger partial charge in [-0.2, -0.15) is 5.10 Å². The van der Waals surface area contributed by atoms with E-state index in [1.165, 1.54) is 0 Å². The molecule has 0 fully saturated rings. The molecule has 0 radical (unpaired) electrons. The molecule has 1 heterocycles. The van der Waals surface area contributed by atoms with Crippen molar-refractivity contribution < 1.29 is 9.53 Å². The van der Waals surface area contributed by atoms with Crippen molar-refractivity contribution in [3.63, 3.8) is 0 Å². The molecule has 2 aromatic carbocycles. The highest BCUT2D eigenvalue weighted by atomic mass is 16.5. The van der Waals surface area contributed by atoms with Crippen molar-refractivity contribution in [2.24, 2.45) is 0 Å². The fourth-order valence-electron chi connectivity index (χ4n) is 2.25. The Balaban J connectivity index is 1.58. The van der Waals surface area contributed by atoms with Crippen LogP contribution in [0.4, 0.5) is 10.5 Å². The Kier molecular flexibility index (Phi) is 4.38. The summed E-state index contributed by atoms with van der Waals surface area (Å²) in [5.74, 6) is 0. The number of hydrogen-bond donors (Lipinski definition) is 2. The molecule has 3 aromatic rings. The van der Waals surface area contributed by atoms with E-state index >= 15 is 0 Å². The Hall–Kier alpha value is -3.08. The zero-order chi connectivity index (χ0) is 16.1. The Bertz CT molecular complexity index is 780. The second-order valence-electron chi connectivity index (χ2n) is 5.17. The third-order valence-electron chi connectivity index (χ3n) is 3.48. The summed E-state index contributed by atoms with van der Waals surface area (Å²) in [6.07, 6.45) is 1.31. The number of ether oxygens (including phenoxy) is 1. The predicted octanol–water partition coefficient (Wildman–Crippen LogP) is 4.13. The van der Waals surface area contributed by atoms with Crippen LogP contribution in [0.25, 0.3) is 11.1 Å². The fourth-order valence-corrected chi connectivity index (χ4v) is 2.25. The van der Waals surface area contributed by atoms with E-state index in [0.29, 0.717) is 5.69 Å². The van der Waals surface area contributed by atoms with Crippen molar-refractivity contribution in [3.05, 3.63) is 72.1 Å². The molecule has 116 valence electrons. The first-order chi connectivity index (χ1) is 11.2. The van der Waals surface area contributed by atoms with Gasteiger partial charge in [0.25, 0.3) is 0 Å². The highest BCUT2D eigenvalue weighted by Gasteiger charge is 2.06. The Labute approximate surface area is 134 Å². The average molecular weight is 307 g/mol. The quantitative estimate of drug-likeness (QED) is 0.761. The van der Waals surface area contributed by atoms with Gasteiger partial charge in [-0.05, 0) is 30.2 Å². The molecule has 0 spiro atoms. The van der Waals surface area contributed by atoms with Crippen LogP contribution < -0.4 is 5.32 Å². The van der Waals surface area contributed by atoms with Gasteiger partial charge in [-0.15, -0.1) is 0 Å². The number of benzene rings is 2. The Morgan fingerprint density at radius 2 is 1.87 bits per heavy atom. The lowest BCUT2D eigenvalue weighted by Crippen LogP contribution is -2.13. The van der Waals surface area contributed by atoms with Crippen LogP contribution in [0, 0.1) is 6.92 Å². The zero-order valence-corrected chi connectivity index (χ0v) is 12.7. The molecule has 0 saturated carbocycles. The second-order valence-corrected chi connectivity index (χ2v) is 5.17. The molecule has 0 aliphatic rings. The van der Waals surface area contributed by atoms with Gasteiger partial charge < -0.3 is 4.74 Å². The molecule has 0 saturated heterocycles. The molecule has 3 rings (SSSR count). The fraction of sp³-hybridized carbons (Fsp3) is 0.111. The highest BCUT2D eigenvalue weighted by Crippen LogP contribution is 2.23. The average Bonchev–Trinajstić information content (AvgIpc) is 3.01. The van der Waals surface area contributed by atoms with Crippen LogP contribution in [-0.2, 0) is 11.3 Å². The summed E-state index contributed by atoms with van der Waals surface area (Å²) in [7, 11) is 0. The Morgan fingerprint density at radius 1 is 1.13 bits per heavy atom. The number of carbonyl (C=O) groups excluding carboxylic acids is 1. The topological polar surface area (TPSA) is 67.0 Å². The van der Waals surface area contributed by atoms with Crippen LogP contribution in [-0.4, -0.2) is 16.3 Å². The summed E-state index contributed by atoms with van der Waals surface area (Å²) < 4.78 is 5.19. The number of aromatic nitrogens is 2. The van der Waals surface area contributed by atoms with Crippen LogP contribution in [0.5, 0.6) is 0 Å². The van der Waals surface area contributed by atoms with Crippen LogP contribution >= 0.6 is 0 Å². The highest BCUT2D eigenvalue weighted by molar-refractivity contribution is 5.85. The standard InChI is InChI=1S/C18H17N3O2/c1-13-17(11-19-21-13)15-7-9-16(10-8-15)20-18(22)23-12-14-5-3-2-4-6-14/h2-11H,12H2,1H3,(H,19,21)(H,20,22). The maximum atomic E-state index is 11.8. The molecule has 5 nitrogen and oxygen atoms in total. The number of amides is 1. The van der Waals surface area contributed by atoms with Gasteiger partial charge in [-0.1, -0.05) is 42.5 Å². The van der Waals surface area contributed by atoms with Crippen LogP contribution in [0.3, 0.4) is 0 Å². The minimum Gasteiger partial charge on any atom is -0.444 e. The number of hydrogen-bond acceptors (Lipinski definition) is 3. The largest absolute Gasteiger partial charge is 0.444 e. The lowest BCUT2D eigenvalue weighted by atomic mass is 10.1. The summed E-state index contributed by atoms with van der Waals surface area (Å²) in [6.45, 7) is 2.22. The van der Waals surface area contributed by atoms with Crippen molar-refractivity contribution in [1.82, 2.24) is 10.2 Å². The summed E-state index contributed by atoms with van der Waals surface area (Å²) in [6, 6.07) is 17.1. The van der Waals surface area contributed by atoms with E-state index < -0.39 is 6.09 Å². The molecule has 1 amide bonds. The molecule has 23 heavy (non-hydrogen) atoms. The minimum atomic E-state index is -0.471. The van der Waals surface area contributed by atoms with Gasteiger partial charge in [0, 0.05) is 16.9 Å². The van der Waals surface area contributed by atoms with E-state index in [4.69, 9.17) is 4.74 Å². The molecule has 0 atom stereocenters. The minimum absolute atomic E-state index is 0.249. The lowest BCUT2D eigenvalue weighted by Gasteiger charge is -2.08. The number of nitrogens with zero attached hydrogens (tertiary/aromatic N) is 1. The number of nitrogens with one attached hydrogen (secondary N) is 2. The molecule has 0 aliphatic heterocycles. The normalized spacial score (nSPS) is 10.3. The van der Waals surface area contributed by atoms with Crippen LogP contribution in [0.15, 0.2) is 60.8 Å². The Morgan fingerprint density at radius 3 is 2.52 bits per heavy atom. The third kappa shape index (κ3) is 3.77. The van der Waals surface area contributed by atoms with E-state index in [-0.39, 0.29) is 6.61 Å². The van der Waals surface area contributed by atoms with Gasteiger partial charge >= 0.3 is 6.09 Å². The van der Waals surface area contributed by atoms with Gasteiger partial charge in [0.15, 0.2) is 0 Å².